The lowest BCUT2D eigenvalue weighted by atomic mass is 9.99. The van der Waals surface area contributed by atoms with Crippen molar-refractivity contribution in [2.45, 2.75) is 32.6 Å². The van der Waals surface area contributed by atoms with Gasteiger partial charge in [-0.1, -0.05) is 31.2 Å². The van der Waals surface area contributed by atoms with Crippen LogP contribution in [0, 0.1) is 0 Å². The van der Waals surface area contributed by atoms with Crippen molar-refractivity contribution in [3.8, 4) is 0 Å². The Hall–Kier alpha value is -1.05. The zero-order valence-corrected chi connectivity index (χ0v) is 7.50. The molecule has 1 aliphatic rings. The van der Waals surface area contributed by atoms with Crippen molar-refractivity contribution in [1.82, 2.24) is 5.16 Å². The molecule has 1 aromatic heterocycles. The molecule has 0 unspecified atom stereocenters. The normalized spacial score (nSPS) is 15.2. The minimum absolute atomic E-state index is 0.434. The van der Waals surface area contributed by atoms with E-state index in [0.29, 0.717) is 5.92 Å². The van der Waals surface area contributed by atoms with Crippen LogP contribution in [0.2, 0.25) is 0 Å². The Balaban J connectivity index is 2.47. The summed E-state index contributed by atoms with van der Waals surface area (Å²) in [6, 6.07) is 0. The molecule has 1 heterocycles. The van der Waals surface area contributed by atoms with Gasteiger partial charge in [0.15, 0.2) is 0 Å². The molecule has 0 N–H and O–H groups in total. The van der Waals surface area contributed by atoms with E-state index in [1.807, 2.05) is 0 Å². The molecule has 0 saturated heterocycles. The van der Waals surface area contributed by atoms with E-state index in [-0.39, 0.29) is 0 Å². The average molecular weight is 163 g/mol. The molecule has 0 saturated carbocycles. The maximum Gasteiger partial charge on any atom is 0.146 e. The molecule has 0 spiro atoms. The molecule has 0 amide bonds. The third-order valence-corrected chi connectivity index (χ3v) is 2.19. The lowest BCUT2D eigenvalue weighted by Gasteiger charge is -2.04. The quantitative estimate of drug-likeness (QED) is 0.636. The highest BCUT2D eigenvalue weighted by Crippen LogP contribution is 2.27. The van der Waals surface area contributed by atoms with Crippen LogP contribution in [-0.4, -0.2) is 5.16 Å². The van der Waals surface area contributed by atoms with E-state index < -0.39 is 0 Å². The second-order valence-electron chi connectivity index (χ2n) is 3.50. The van der Waals surface area contributed by atoms with Crippen LogP contribution in [0.1, 0.15) is 43.2 Å². The Morgan fingerprint density at radius 2 is 2.33 bits per heavy atom. The first-order chi connectivity index (χ1) is 5.79. The predicted molar refractivity (Wildman–Crippen MR) is 47.9 cm³/mol. The van der Waals surface area contributed by atoms with Crippen molar-refractivity contribution < 1.29 is 4.52 Å². The Morgan fingerprint density at radius 1 is 1.50 bits per heavy atom. The van der Waals surface area contributed by atoms with E-state index in [1.54, 1.807) is 0 Å². The summed E-state index contributed by atoms with van der Waals surface area (Å²) in [5, 5.41) is 4.05. The van der Waals surface area contributed by atoms with Crippen molar-refractivity contribution in [3.05, 3.63) is 23.1 Å². The van der Waals surface area contributed by atoms with E-state index in [1.165, 1.54) is 5.56 Å². The number of allylic oxidation sites excluding steroid dienone is 1. The second kappa shape index (κ2) is 2.77. The molecule has 0 aliphatic heterocycles. The number of nitrogens with zero attached hydrogens (tertiary/aromatic N) is 1. The third-order valence-electron chi connectivity index (χ3n) is 2.19. The molecule has 2 nitrogen and oxygen atoms in total. The summed E-state index contributed by atoms with van der Waals surface area (Å²) in [7, 11) is 0. The van der Waals surface area contributed by atoms with E-state index in [4.69, 9.17) is 4.52 Å². The van der Waals surface area contributed by atoms with E-state index in [9.17, 15) is 0 Å². The van der Waals surface area contributed by atoms with E-state index >= 15 is 0 Å². The van der Waals surface area contributed by atoms with E-state index in [2.05, 4.69) is 31.2 Å². The first kappa shape index (κ1) is 7.59. The maximum absolute atomic E-state index is 5.28. The molecule has 0 atom stereocenters. The van der Waals surface area contributed by atoms with Crippen LogP contribution in [0.5, 0.6) is 0 Å². The van der Waals surface area contributed by atoms with Crippen LogP contribution >= 0.6 is 0 Å². The molecule has 0 fully saturated rings. The highest BCUT2D eigenvalue weighted by atomic mass is 16.5. The monoisotopic (exact) mass is 163 g/mol. The topological polar surface area (TPSA) is 26.0 Å². The van der Waals surface area contributed by atoms with Gasteiger partial charge in [0.1, 0.15) is 5.76 Å². The van der Waals surface area contributed by atoms with Crippen LogP contribution < -0.4 is 0 Å². The second-order valence-corrected chi connectivity index (χ2v) is 3.50. The third kappa shape index (κ3) is 1.07. The lowest BCUT2D eigenvalue weighted by Crippen LogP contribution is -1.94. The van der Waals surface area contributed by atoms with Gasteiger partial charge in [0.2, 0.25) is 0 Å². The van der Waals surface area contributed by atoms with Crippen molar-refractivity contribution in [1.29, 1.82) is 0 Å². The number of aryl methyl sites for hydroxylation is 1. The van der Waals surface area contributed by atoms with Crippen molar-refractivity contribution in [2.24, 2.45) is 0 Å². The van der Waals surface area contributed by atoms with Gasteiger partial charge < -0.3 is 4.52 Å². The minimum atomic E-state index is 0.434. The predicted octanol–water partition coefficient (Wildman–Crippen LogP) is 2.76. The highest BCUT2D eigenvalue weighted by molar-refractivity contribution is 5.56. The van der Waals surface area contributed by atoms with Gasteiger partial charge in [-0.2, -0.15) is 0 Å². The summed E-state index contributed by atoms with van der Waals surface area (Å²) in [5.41, 5.74) is 2.34. The van der Waals surface area contributed by atoms with Gasteiger partial charge in [-0.15, -0.1) is 0 Å². The standard InChI is InChI=1S/C10H13NO/c1-7(2)10-8-5-3-4-6-9(8)11-12-10/h3,5,7H,4,6H2,1-2H3. The Morgan fingerprint density at radius 3 is 3.08 bits per heavy atom. The van der Waals surface area contributed by atoms with Crippen molar-refractivity contribution >= 4 is 6.08 Å². The zero-order chi connectivity index (χ0) is 8.55. The lowest BCUT2D eigenvalue weighted by molar-refractivity contribution is 0.366. The SMILES string of the molecule is CC(C)c1onc2c1C=CCC2. The molecule has 2 heteroatoms. The Bertz CT molecular complexity index is 310. The number of hydrogen-bond donors (Lipinski definition) is 0. The molecule has 0 radical (unpaired) electrons. The van der Waals surface area contributed by atoms with Crippen molar-refractivity contribution in [3.63, 3.8) is 0 Å². The molecule has 0 aromatic carbocycles. The summed E-state index contributed by atoms with van der Waals surface area (Å²) < 4.78 is 5.28. The summed E-state index contributed by atoms with van der Waals surface area (Å²) in [6.07, 6.45) is 6.44. The molecule has 1 aromatic rings. The fraction of sp³-hybridized carbons (Fsp3) is 0.500. The van der Waals surface area contributed by atoms with Gasteiger partial charge >= 0.3 is 0 Å². The average Bonchev–Trinajstić information content (AvgIpc) is 2.47. The Labute approximate surface area is 72.3 Å². The summed E-state index contributed by atoms with van der Waals surface area (Å²) in [6.45, 7) is 4.26. The summed E-state index contributed by atoms with van der Waals surface area (Å²) in [4.78, 5) is 0. The van der Waals surface area contributed by atoms with Crippen LogP contribution in [0.4, 0.5) is 0 Å². The maximum atomic E-state index is 5.28. The molecule has 64 valence electrons. The van der Waals surface area contributed by atoms with Gasteiger partial charge in [-0.25, -0.2) is 0 Å². The van der Waals surface area contributed by atoms with Gasteiger partial charge in [0.25, 0.3) is 0 Å². The fourth-order valence-corrected chi connectivity index (χ4v) is 1.54. The number of rotatable bonds is 1. The number of hydrogen-bond acceptors (Lipinski definition) is 2. The van der Waals surface area contributed by atoms with Crippen LogP contribution in [0.25, 0.3) is 6.08 Å². The number of fused-ring (bicyclic) bond motifs is 1. The fourth-order valence-electron chi connectivity index (χ4n) is 1.54. The smallest absolute Gasteiger partial charge is 0.146 e. The molecule has 1 aliphatic carbocycles. The molecular weight excluding hydrogens is 150 g/mol. The van der Waals surface area contributed by atoms with Gasteiger partial charge in [-0.05, 0) is 12.8 Å². The highest BCUT2D eigenvalue weighted by Gasteiger charge is 2.17. The largest absolute Gasteiger partial charge is 0.360 e. The van der Waals surface area contributed by atoms with E-state index in [0.717, 1.165) is 24.3 Å². The Kier molecular flexibility index (Phi) is 1.75. The van der Waals surface area contributed by atoms with Gasteiger partial charge in [0, 0.05) is 11.5 Å². The summed E-state index contributed by atoms with van der Waals surface area (Å²) in [5.74, 6) is 1.46. The zero-order valence-electron chi connectivity index (χ0n) is 7.50. The molecule has 2 rings (SSSR count). The summed E-state index contributed by atoms with van der Waals surface area (Å²) >= 11 is 0. The number of aromatic nitrogens is 1. The molecule has 0 bridgehead atoms. The molecule has 12 heavy (non-hydrogen) atoms. The first-order valence-corrected chi connectivity index (χ1v) is 4.44. The van der Waals surface area contributed by atoms with Crippen LogP contribution in [0.3, 0.4) is 0 Å². The first-order valence-electron chi connectivity index (χ1n) is 4.44. The molecular formula is C10H13NO. The van der Waals surface area contributed by atoms with Gasteiger partial charge in [-0.3, -0.25) is 0 Å². The van der Waals surface area contributed by atoms with Crippen LogP contribution in [-0.2, 0) is 6.42 Å². The van der Waals surface area contributed by atoms with Crippen LogP contribution in [0.15, 0.2) is 10.6 Å². The van der Waals surface area contributed by atoms with Crippen molar-refractivity contribution in [2.75, 3.05) is 0 Å². The van der Waals surface area contributed by atoms with Gasteiger partial charge in [0.05, 0.1) is 5.69 Å². The minimum Gasteiger partial charge on any atom is -0.360 e.